The van der Waals surface area contributed by atoms with Crippen molar-refractivity contribution in [2.24, 2.45) is 0 Å². The molecule has 1 heterocycles. The number of ether oxygens (including phenoxy) is 2. The summed E-state index contributed by atoms with van der Waals surface area (Å²) in [5.74, 6) is 2.05. The van der Waals surface area contributed by atoms with Gasteiger partial charge in [-0.15, -0.1) is 0 Å². The molecule has 1 amide bonds. The number of likely N-dealkylation sites (N-methyl/N-ethyl adjacent to an activating group) is 1. The van der Waals surface area contributed by atoms with Gasteiger partial charge in [0.05, 0.1) is 13.7 Å². The highest BCUT2D eigenvalue weighted by molar-refractivity contribution is 5.81. The van der Waals surface area contributed by atoms with E-state index < -0.39 is 6.10 Å². The maximum Gasteiger partial charge on any atom is 0.263 e. The monoisotopic (exact) mass is 381 g/mol. The van der Waals surface area contributed by atoms with E-state index in [-0.39, 0.29) is 12.5 Å². The number of methoxy groups -OCH3 is 1. The minimum atomic E-state index is -0.602. The molecule has 0 spiro atoms. The second-order valence-electron chi connectivity index (χ2n) is 6.26. The summed E-state index contributed by atoms with van der Waals surface area (Å²) in [5.41, 5.74) is 0.862. The molecule has 146 valence electrons. The van der Waals surface area contributed by atoms with E-state index in [1.54, 1.807) is 38.4 Å². The summed E-state index contributed by atoms with van der Waals surface area (Å²) in [6, 6.07) is 16.7. The van der Waals surface area contributed by atoms with Crippen molar-refractivity contribution in [3.8, 4) is 22.9 Å². The fourth-order valence-corrected chi connectivity index (χ4v) is 2.68. The summed E-state index contributed by atoms with van der Waals surface area (Å²) >= 11 is 0. The molecule has 0 unspecified atom stereocenters. The number of amides is 1. The largest absolute Gasteiger partial charge is 0.497 e. The third-order valence-electron chi connectivity index (χ3n) is 4.23. The zero-order valence-corrected chi connectivity index (χ0v) is 16.2. The number of benzene rings is 2. The maximum absolute atomic E-state index is 12.8. The Morgan fingerprint density at radius 3 is 2.43 bits per heavy atom. The van der Waals surface area contributed by atoms with Crippen molar-refractivity contribution >= 4 is 5.91 Å². The van der Waals surface area contributed by atoms with Gasteiger partial charge in [0.25, 0.3) is 5.91 Å². The summed E-state index contributed by atoms with van der Waals surface area (Å²) in [6.07, 6.45) is -0.0659. The molecule has 0 aliphatic heterocycles. The van der Waals surface area contributed by atoms with Gasteiger partial charge in [-0.25, -0.2) is 0 Å². The van der Waals surface area contributed by atoms with Crippen LogP contribution in [0.1, 0.15) is 19.2 Å². The Labute approximate surface area is 163 Å². The number of rotatable bonds is 8. The number of nitrogens with zero attached hydrogens (tertiary/aromatic N) is 3. The average Bonchev–Trinajstić information content (AvgIpc) is 3.21. The van der Waals surface area contributed by atoms with Crippen LogP contribution >= 0.6 is 0 Å². The first-order valence-corrected chi connectivity index (χ1v) is 9.04. The van der Waals surface area contributed by atoms with Crippen LogP contribution in [-0.4, -0.2) is 41.2 Å². The summed E-state index contributed by atoms with van der Waals surface area (Å²) in [7, 11) is 3.29. The third-order valence-corrected chi connectivity index (χ3v) is 4.23. The number of aromatic nitrogens is 2. The van der Waals surface area contributed by atoms with Gasteiger partial charge < -0.3 is 18.9 Å². The molecule has 1 atom stereocenters. The Kier molecular flexibility index (Phi) is 6.26. The van der Waals surface area contributed by atoms with Gasteiger partial charge in [0.15, 0.2) is 6.10 Å². The van der Waals surface area contributed by atoms with Crippen molar-refractivity contribution in [3.63, 3.8) is 0 Å². The van der Waals surface area contributed by atoms with Crippen molar-refractivity contribution in [2.75, 3.05) is 14.2 Å². The molecule has 2 aromatic carbocycles. The lowest BCUT2D eigenvalue weighted by Crippen LogP contribution is -2.39. The first kappa shape index (κ1) is 19.4. The molecule has 7 heteroatoms. The SMILES string of the molecule is CC[C@H](Oc1ccc(OC)cc1)C(=O)N(C)Cc1nc(-c2ccccc2)no1. The molecule has 0 saturated carbocycles. The third kappa shape index (κ3) is 4.68. The van der Waals surface area contributed by atoms with Gasteiger partial charge in [-0.1, -0.05) is 42.4 Å². The van der Waals surface area contributed by atoms with Crippen molar-refractivity contribution in [3.05, 3.63) is 60.5 Å². The molecule has 0 N–H and O–H groups in total. The van der Waals surface area contributed by atoms with Gasteiger partial charge >= 0.3 is 0 Å². The van der Waals surface area contributed by atoms with E-state index in [1.807, 2.05) is 37.3 Å². The first-order chi connectivity index (χ1) is 13.6. The molecular formula is C21H23N3O4. The number of hydrogen-bond acceptors (Lipinski definition) is 6. The zero-order valence-electron chi connectivity index (χ0n) is 16.2. The van der Waals surface area contributed by atoms with Crippen LogP contribution in [0.15, 0.2) is 59.1 Å². The van der Waals surface area contributed by atoms with Crippen LogP contribution in [-0.2, 0) is 11.3 Å². The van der Waals surface area contributed by atoms with Gasteiger partial charge in [-0.05, 0) is 30.7 Å². The smallest absolute Gasteiger partial charge is 0.263 e. The molecule has 3 aromatic rings. The average molecular weight is 381 g/mol. The molecular weight excluding hydrogens is 358 g/mol. The van der Waals surface area contributed by atoms with Crippen LogP contribution in [0.5, 0.6) is 11.5 Å². The molecule has 0 aliphatic carbocycles. The Balaban J connectivity index is 1.63. The van der Waals surface area contributed by atoms with E-state index in [1.165, 1.54) is 4.90 Å². The predicted octanol–water partition coefficient (Wildman–Crippen LogP) is 3.56. The number of carbonyl (C=O) groups excluding carboxylic acids is 1. The van der Waals surface area contributed by atoms with Gasteiger partial charge in [0, 0.05) is 12.6 Å². The van der Waals surface area contributed by atoms with Gasteiger partial charge in [-0.2, -0.15) is 4.98 Å². The van der Waals surface area contributed by atoms with Gasteiger partial charge in [-0.3, -0.25) is 4.79 Å². The second-order valence-corrected chi connectivity index (χ2v) is 6.26. The van der Waals surface area contributed by atoms with E-state index in [2.05, 4.69) is 10.1 Å². The van der Waals surface area contributed by atoms with E-state index in [4.69, 9.17) is 14.0 Å². The van der Waals surface area contributed by atoms with Crippen LogP contribution in [0.3, 0.4) is 0 Å². The second kappa shape index (κ2) is 9.03. The van der Waals surface area contributed by atoms with E-state index in [0.29, 0.717) is 23.9 Å². The molecule has 3 rings (SSSR count). The zero-order chi connectivity index (χ0) is 19.9. The molecule has 0 saturated heterocycles. The minimum absolute atomic E-state index is 0.155. The molecule has 0 fully saturated rings. The summed E-state index contributed by atoms with van der Waals surface area (Å²) in [5, 5.41) is 3.98. The van der Waals surface area contributed by atoms with Crippen LogP contribution in [0, 0.1) is 0 Å². The summed E-state index contributed by atoms with van der Waals surface area (Å²) < 4.78 is 16.3. The Morgan fingerprint density at radius 2 is 1.79 bits per heavy atom. The fourth-order valence-electron chi connectivity index (χ4n) is 2.68. The Hall–Kier alpha value is -3.35. The molecule has 0 radical (unpaired) electrons. The lowest BCUT2D eigenvalue weighted by Gasteiger charge is -2.22. The number of carbonyl (C=O) groups is 1. The van der Waals surface area contributed by atoms with Crippen molar-refractivity contribution in [2.45, 2.75) is 26.0 Å². The first-order valence-electron chi connectivity index (χ1n) is 9.04. The molecule has 28 heavy (non-hydrogen) atoms. The molecule has 0 aliphatic rings. The topological polar surface area (TPSA) is 77.7 Å². The normalized spacial score (nSPS) is 11.7. The Morgan fingerprint density at radius 1 is 1.11 bits per heavy atom. The van der Waals surface area contributed by atoms with Gasteiger partial charge in [0.1, 0.15) is 11.5 Å². The van der Waals surface area contributed by atoms with Crippen molar-refractivity contribution < 1.29 is 18.8 Å². The van der Waals surface area contributed by atoms with Crippen LogP contribution in [0.2, 0.25) is 0 Å². The number of hydrogen-bond donors (Lipinski definition) is 0. The summed E-state index contributed by atoms with van der Waals surface area (Å²) in [6.45, 7) is 2.11. The quantitative estimate of drug-likeness (QED) is 0.594. The highest BCUT2D eigenvalue weighted by Crippen LogP contribution is 2.20. The summed E-state index contributed by atoms with van der Waals surface area (Å²) in [4.78, 5) is 18.7. The van der Waals surface area contributed by atoms with E-state index in [0.717, 1.165) is 11.3 Å². The van der Waals surface area contributed by atoms with Crippen molar-refractivity contribution in [1.29, 1.82) is 0 Å². The lowest BCUT2D eigenvalue weighted by molar-refractivity contribution is -0.138. The fraction of sp³-hybridized carbons (Fsp3) is 0.286. The Bertz CT molecular complexity index is 894. The minimum Gasteiger partial charge on any atom is -0.497 e. The molecule has 0 bridgehead atoms. The molecule has 7 nitrogen and oxygen atoms in total. The maximum atomic E-state index is 12.8. The van der Waals surface area contributed by atoms with E-state index >= 15 is 0 Å². The highest BCUT2D eigenvalue weighted by Gasteiger charge is 2.24. The highest BCUT2D eigenvalue weighted by atomic mass is 16.5. The van der Waals surface area contributed by atoms with Gasteiger partial charge in [0.2, 0.25) is 11.7 Å². The van der Waals surface area contributed by atoms with Crippen LogP contribution in [0.4, 0.5) is 0 Å². The molecule has 1 aromatic heterocycles. The van der Waals surface area contributed by atoms with E-state index in [9.17, 15) is 4.79 Å². The predicted molar refractivity (Wildman–Crippen MR) is 104 cm³/mol. The van der Waals surface area contributed by atoms with Crippen molar-refractivity contribution in [1.82, 2.24) is 15.0 Å². The van der Waals surface area contributed by atoms with Crippen LogP contribution < -0.4 is 9.47 Å². The van der Waals surface area contributed by atoms with Crippen LogP contribution in [0.25, 0.3) is 11.4 Å². The lowest BCUT2D eigenvalue weighted by atomic mass is 10.2. The standard InChI is InChI=1S/C21H23N3O4/c1-4-18(27-17-12-10-16(26-3)11-13-17)21(25)24(2)14-19-22-20(23-28-19)15-8-6-5-7-9-15/h5-13,18H,4,14H2,1-3H3/t18-/m0/s1.